The van der Waals surface area contributed by atoms with Crippen molar-refractivity contribution in [3.8, 4) is 0 Å². The maximum Gasteiger partial charge on any atom is 0.130 e. The number of hydrogen-bond donors (Lipinski definition) is 1. The molecule has 20 heavy (non-hydrogen) atoms. The van der Waals surface area contributed by atoms with E-state index < -0.39 is 0 Å². The van der Waals surface area contributed by atoms with Crippen molar-refractivity contribution in [2.45, 2.75) is 32.4 Å². The Morgan fingerprint density at radius 1 is 1.15 bits per heavy atom. The van der Waals surface area contributed by atoms with Gasteiger partial charge in [-0.2, -0.15) is 0 Å². The Morgan fingerprint density at radius 3 is 2.70 bits per heavy atom. The van der Waals surface area contributed by atoms with Crippen LogP contribution in [0.5, 0.6) is 0 Å². The summed E-state index contributed by atoms with van der Waals surface area (Å²) < 4.78 is 5.88. The van der Waals surface area contributed by atoms with Crippen LogP contribution in [0.3, 0.4) is 0 Å². The predicted octanol–water partition coefficient (Wildman–Crippen LogP) is 3.04. The lowest BCUT2D eigenvalue weighted by Crippen LogP contribution is -2.24. The average Bonchev–Trinajstić information content (AvgIpc) is 2.86. The Bertz CT molecular complexity index is 565. The zero-order chi connectivity index (χ0) is 13.9. The van der Waals surface area contributed by atoms with Gasteiger partial charge < -0.3 is 10.1 Å². The van der Waals surface area contributed by atoms with Gasteiger partial charge in [-0.1, -0.05) is 30.3 Å². The first-order valence-electron chi connectivity index (χ1n) is 6.98. The molecule has 1 aromatic carbocycles. The minimum Gasteiger partial charge on any atom is -0.371 e. The van der Waals surface area contributed by atoms with Crippen molar-refractivity contribution in [2.75, 3.05) is 11.9 Å². The molecular formula is C16H19N3O. The van der Waals surface area contributed by atoms with Crippen molar-refractivity contribution in [3.63, 3.8) is 0 Å². The minimum atomic E-state index is 0.0896. The van der Waals surface area contributed by atoms with E-state index in [1.54, 1.807) is 0 Å². The summed E-state index contributed by atoms with van der Waals surface area (Å²) in [6, 6.07) is 12.6. The van der Waals surface area contributed by atoms with Gasteiger partial charge in [0.25, 0.3) is 0 Å². The zero-order valence-corrected chi connectivity index (χ0v) is 11.8. The lowest BCUT2D eigenvalue weighted by molar-refractivity contribution is 0.107. The molecule has 4 heteroatoms. The van der Waals surface area contributed by atoms with E-state index in [2.05, 4.69) is 27.4 Å². The molecule has 4 nitrogen and oxygen atoms in total. The van der Waals surface area contributed by atoms with Crippen molar-refractivity contribution in [3.05, 3.63) is 53.5 Å². The molecule has 1 N–H and O–H groups in total. The van der Waals surface area contributed by atoms with Crippen molar-refractivity contribution in [1.82, 2.24) is 9.97 Å². The van der Waals surface area contributed by atoms with Crippen LogP contribution in [-0.2, 0) is 4.74 Å². The second-order valence-electron chi connectivity index (χ2n) is 5.18. The van der Waals surface area contributed by atoms with Crippen molar-refractivity contribution in [2.24, 2.45) is 0 Å². The van der Waals surface area contributed by atoms with Crippen LogP contribution in [-0.4, -0.2) is 22.6 Å². The van der Waals surface area contributed by atoms with Crippen LogP contribution >= 0.6 is 0 Å². The number of anilines is 1. The molecule has 2 unspecified atom stereocenters. The highest BCUT2D eigenvalue weighted by molar-refractivity contribution is 5.38. The fourth-order valence-electron chi connectivity index (χ4n) is 2.69. The van der Waals surface area contributed by atoms with E-state index in [0.717, 1.165) is 30.4 Å². The first-order valence-corrected chi connectivity index (χ1v) is 6.98. The molecule has 2 aromatic rings. The summed E-state index contributed by atoms with van der Waals surface area (Å²) in [7, 11) is 0. The Labute approximate surface area is 119 Å². The van der Waals surface area contributed by atoms with E-state index in [1.165, 1.54) is 5.56 Å². The number of benzene rings is 1. The van der Waals surface area contributed by atoms with Crippen LogP contribution in [0.2, 0.25) is 0 Å². The molecule has 104 valence electrons. The summed E-state index contributed by atoms with van der Waals surface area (Å²) in [5, 5.41) is 3.49. The van der Waals surface area contributed by atoms with E-state index >= 15 is 0 Å². The average molecular weight is 269 g/mol. The van der Waals surface area contributed by atoms with Crippen molar-refractivity contribution >= 4 is 5.82 Å². The molecule has 1 aliphatic heterocycles. The largest absolute Gasteiger partial charge is 0.371 e. The molecule has 2 atom stereocenters. The number of ether oxygens (including phenoxy) is 1. The van der Waals surface area contributed by atoms with Crippen LogP contribution in [0.15, 0.2) is 36.4 Å². The van der Waals surface area contributed by atoms with Crippen LogP contribution in [0, 0.1) is 13.8 Å². The number of nitrogens with zero attached hydrogens (tertiary/aromatic N) is 2. The summed E-state index contributed by atoms with van der Waals surface area (Å²) in [5.74, 6) is 1.68. The highest BCUT2D eigenvalue weighted by Gasteiger charge is 2.29. The van der Waals surface area contributed by atoms with Crippen LogP contribution in [0.4, 0.5) is 5.82 Å². The quantitative estimate of drug-likeness (QED) is 0.930. The van der Waals surface area contributed by atoms with Gasteiger partial charge in [0, 0.05) is 18.4 Å². The third-order valence-corrected chi connectivity index (χ3v) is 3.52. The Kier molecular flexibility index (Phi) is 3.65. The Balaban J connectivity index is 1.79. The van der Waals surface area contributed by atoms with Gasteiger partial charge in [-0.15, -0.1) is 0 Å². The molecule has 0 aliphatic carbocycles. The third-order valence-electron chi connectivity index (χ3n) is 3.52. The normalized spacial score (nSPS) is 21.9. The fourth-order valence-corrected chi connectivity index (χ4v) is 2.69. The molecule has 0 amide bonds. The van der Waals surface area contributed by atoms with Gasteiger partial charge in [-0.25, -0.2) is 9.97 Å². The maximum atomic E-state index is 5.88. The summed E-state index contributed by atoms with van der Waals surface area (Å²) in [6.45, 7) is 4.68. The van der Waals surface area contributed by atoms with Crippen molar-refractivity contribution < 1.29 is 4.74 Å². The number of hydrogen-bond acceptors (Lipinski definition) is 4. The molecule has 0 saturated carbocycles. The molecule has 0 bridgehead atoms. The topological polar surface area (TPSA) is 47.0 Å². The summed E-state index contributed by atoms with van der Waals surface area (Å²) in [5.41, 5.74) is 2.19. The molecule has 0 spiro atoms. The molecular weight excluding hydrogens is 250 g/mol. The fraction of sp³-hybridized carbons (Fsp3) is 0.375. The minimum absolute atomic E-state index is 0.0896. The molecule has 1 fully saturated rings. The lowest BCUT2D eigenvalue weighted by atomic mass is 10.0. The van der Waals surface area contributed by atoms with Gasteiger partial charge in [0.1, 0.15) is 17.7 Å². The van der Waals surface area contributed by atoms with E-state index in [1.807, 2.05) is 38.1 Å². The van der Waals surface area contributed by atoms with E-state index in [-0.39, 0.29) is 12.1 Å². The lowest BCUT2D eigenvalue weighted by Gasteiger charge is -2.21. The number of rotatable bonds is 3. The molecule has 3 rings (SSSR count). The van der Waals surface area contributed by atoms with Gasteiger partial charge in [0.2, 0.25) is 0 Å². The van der Waals surface area contributed by atoms with Gasteiger partial charge in [0.15, 0.2) is 0 Å². The van der Waals surface area contributed by atoms with E-state index in [0.29, 0.717) is 0 Å². The first-order chi connectivity index (χ1) is 9.72. The first kappa shape index (κ1) is 13.1. The third kappa shape index (κ3) is 2.80. The zero-order valence-electron chi connectivity index (χ0n) is 11.8. The van der Waals surface area contributed by atoms with Gasteiger partial charge in [0.05, 0.1) is 6.04 Å². The standard InChI is InChI=1S/C16H19N3O/c1-11-10-15(18-12(2)17-11)19-14-8-9-20-16(14)13-6-4-3-5-7-13/h3-7,10,14,16H,8-9H2,1-2H3,(H,17,18,19). The number of aromatic nitrogens is 2. The van der Waals surface area contributed by atoms with Crippen LogP contribution < -0.4 is 5.32 Å². The summed E-state index contributed by atoms with van der Waals surface area (Å²) >= 11 is 0. The number of aryl methyl sites for hydroxylation is 2. The monoisotopic (exact) mass is 269 g/mol. The van der Waals surface area contributed by atoms with E-state index in [9.17, 15) is 0 Å². The molecule has 0 radical (unpaired) electrons. The van der Waals surface area contributed by atoms with Gasteiger partial charge >= 0.3 is 0 Å². The Hall–Kier alpha value is -1.94. The smallest absolute Gasteiger partial charge is 0.130 e. The summed E-state index contributed by atoms with van der Waals surface area (Å²) in [4.78, 5) is 8.75. The molecule has 1 saturated heterocycles. The molecule has 1 aliphatic rings. The van der Waals surface area contributed by atoms with Gasteiger partial charge in [-0.05, 0) is 25.8 Å². The molecule has 2 heterocycles. The van der Waals surface area contributed by atoms with Crippen molar-refractivity contribution in [1.29, 1.82) is 0 Å². The number of nitrogens with one attached hydrogen (secondary N) is 1. The highest BCUT2D eigenvalue weighted by Crippen LogP contribution is 2.31. The highest BCUT2D eigenvalue weighted by atomic mass is 16.5. The maximum absolute atomic E-state index is 5.88. The second-order valence-corrected chi connectivity index (χ2v) is 5.18. The summed E-state index contributed by atoms with van der Waals surface area (Å²) in [6.07, 6.45) is 1.08. The second kappa shape index (κ2) is 5.59. The van der Waals surface area contributed by atoms with E-state index in [4.69, 9.17) is 4.74 Å². The van der Waals surface area contributed by atoms with Crippen LogP contribution in [0.25, 0.3) is 0 Å². The SMILES string of the molecule is Cc1cc(NC2CCOC2c2ccccc2)nc(C)n1. The molecule has 1 aromatic heterocycles. The van der Waals surface area contributed by atoms with Gasteiger partial charge in [-0.3, -0.25) is 0 Å². The van der Waals surface area contributed by atoms with Crippen LogP contribution in [0.1, 0.15) is 29.6 Å². The Morgan fingerprint density at radius 2 is 1.95 bits per heavy atom. The predicted molar refractivity (Wildman–Crippen MR) is 78.7 cm³/mol.